The molecule has 0 aliphatic rings. The molecule has 0 aliphatic carbocycles. The van der Waals surface area contributed by atoms with Crippen molar-refractivity contribution in [1.82, 2.24) is 14.8 Å². The Labute approximate surface area is 94.2 Å². The molecule has 0 amide bonds. The predicted molar refractivity (Wildman–Crippen MR) is 56.4 cm³/mol. The Hall–Kier alpha value is -1.43. The third-order valence-electron chi connectivity index (χ3n) is 2.62. The SMILES string of the molecule is COC(=O)C(O)C(C)(C)CCn1cncn1. The van der Waals surface area contributed by atoms with Gasteiger partial charge in [-0.05, 0) is 6.42 Å². The number of carbonyl (C=O) groups is 1. The van der Waals surface area contributed by atoms with E-state index in [0.717, 1.165) is 0 Å². The Balaban J connectivity index is 2.54. The summed E-state index contributed by atoms with van der Waals surface area (Å²) in [4.78, 5) is 15.0. The number of hydrogen-bond donors (Lipinski definition) is 1. The second-order valence-corrected chi connectivity index (χ2v) is 4.32. The van der Waals surface area contributed by atoms with E-state index in [1.165, 1.54) is 13.4 Å². The fourth-order valence-corrected chi connectivity index (χ4v) is 1.32. The van der Waals surface area contributed by atoms with Gasteiger partial charge in [0, 0.05) is 12.0 Å². The highest BCUT2D eigenvalue weighted by Crippen LogP contribution is 2.26. The van der Waals surface area contributed by atoms with Crippen molar-refractivity contribution in [1.29, 1.82) is 0 Å². The number of nitrogens with zero attached hydrogens (tertiary/aromatic N) is 3. The van der Waals surface area contributed by atoms with Gasteiger partial charge >= 0.3 is 5.97 Å². The Kier molecular flexibility index (Phi) is 4.00. The standard InChI is InChI=1S/C10H17N3O3/c1-10(2,8(14)9(15)16-3)4-5-13-7-11-6-12-13/h6-8,14H,4-5H2,1-3H3. The molecule has 1 aromatic rings. The van der Waals surface area contributed by atoms with Crippen LogP contribution in [0.15, 0.2) is 12.7 Å². The van der Waals surface area contributed by atoms with Gasteiger partial charge < -0.3 is 9.84 Å². The summed E-state index contributed by atoms with van der Waals surface area (Å²) in [7, 11) is 1.26. The number of esters is 1. The van der Waals surface area contributed by atoms with Crippen molar-refractivity contribution in [3.63, 3.8) is 0 Å². The summed E-state index contributed by atoms with van der Waals surface area (Å²) in [6.07, 6.45) is 2.53. The van der Waals surface area contributed by atoms with Crippen LogP contribution in [-0.4, -0.2) is 39.1 Å². The third kappa shape index (κ3) is 3.03. The van der Waals surface area contributed by atoms with Crippen LogP contribution in [0, 0.1) is 5.41 Å². The van der Waals surface area contributed by atoms with Crippen LogP contribution in [0.4, 0.5) is 0 Å². The summed E-state index contributed by atoms with van der Waals surface area (Å²) in [6.45, 7) is 4.22. The molecule has 16 heavy (non-hydrogen) atoms. The Morgan fingerprint density at radius 1 is 1.62 bits per heavy atom. The monoisotopic (exact) mass is 227 g/mol. The fraction of sp³-hybridized carbons (Fsp3) is 0.700. The Morgan fingerprint density at radius 2 is 2.31 bits per heavy atom. The number of carbonyl (C=O) groups excluding carboxylic acids is 1. The largest absolute Gasteiger partial charge is 0.467 e. The van der Waals surface area contributed by atoms with Gasteiger partial charge in [0.25, 0.3) is 0 Å². The molecule has 90 valence electrons. The first-order chi connectivity index (χ1) is 7.47. The number of ether oxygens (including phenoxy) is 1. The van der Waals surface area contributed by atoms with E-state index in [1.54, 1.807) is 11.0 Å². The van der Waals surface area contributed by atoms with Crippen LogP contribution in [-0.2, 0) is 16.1 Å². The van der Waals surface area contributed by atoms with Crippen LogP contribution < -0.4 is 0 Å². The molecule has 6 heteroatoms. The van der Waals surface area contributed by atoms with Crippen LogP contribution in [0.5, 0.6) is 0 Å². The van der Waals surface area contributed by atoms with Gasteiger partial charge in [-0.15, -0.1) is 0 Å². The van der Waals surface area contributed by atoms with E-state index in [0.29, 0.717) is 13.0 Å². The van der Waals surface area contributed by atoms with Gasteiger partial charge in [0.15, 0.2) is 6.10 Å². The molecule has 1 N–H and O–H groups in total. The van der Waals surface area contributed by atoms with Crippen molar-refractivity contribution in [2.45, 2.75) is 32.9 Å². The number of aliphatic hydroxyl groups is 1. The molecular formula is C10H17N3O3. The molecule has 0 aromatic carbocycles. The van der Waals surface area contributed by atoms with E-state index >= 15 is 0 Å². The number of hydrogen-bond acceptors (Lipinski definition) is 5. The zero-order valence-corrected chi connectivity index (χ0v) is 9.75. The minimum atomic E-state index is -1.12. The summed E-state index contributed by atoms with van der Waals surface area (Å²) >= 11 is 0. The summed E-state index contributed by atoms with van der Waals surface area (Å²) in [6, 6.07) is 0. The summed E-state index contributed by atoms with van der Waals surface area (Å²) < 4.78 is 6.17. The number of aliphatic hydroxyl groups excluding tert-OH is 1. The van der Waals surface area contributed by atoms with Crippen molar-refractivity contribution in [3.8, 4) is 0 Å². The predicted octanol–water partition coefficient (Wildman–Crippen LogP) is 0.228. The van der Waals surface area contributed by atoms with Crippen LogP contribution >= 0.6 is 0 Å². The summed E-state index contributed by atoms with van der Waals surface area (Å²) in [5, 5.41) is 13.7. The lowest BCUT2D eigenvalue weighted by Crippen LogP contribution is -2.38. The average Bonchev–Trinajstić information content (AvgIpc) is 2.77. The van der Waals surface area contributed by atoms with E-state index in [2.05, 4.69) is 14.8 Å². The molecule has 6 nitrogen and oxygen atoms in total. The number of aromatic nitrogens is 3. The highest BCUT2D eigenvalue weighted by molar-refractivity contribution is 5.75. The van der Waals surface area contributed by atoms with E-state index < -0.39 is 17.5 Å². The first kappa shape index (κ1) is 12.6. The average molecular weight is 227 g/mol. The molecule has 1 rings (SSSR count). The van der Waals surface area contributed by atoms with Gasteiger partial charge in [-0.1, -0.05) is 13.8 Å². The lowest BCUT2D eigenvalue weighted by molar-refractivity contribution is -0.157. The molecule has 0 fully saturated rings. The molecule has 0 spiro atoms. The van der Waals surface area contributed by atoms with Crippen molar-refractivity contribution in [2.75, 3.05) is 7.11 Å². The fourth-order valence-electron chi connectivity index (χ4n) is 1.32. The maximum absolute atomic E-state index is 11.2. The highest BCUT2D eigenvalue weighted by Gasteiger charge is 2.34. The van der Waals surface area contributed by atoms with Crippen molar-refractivity contribution < 1.29 is 14.6 Å². The quantitative estimate of drug-likeness (QED) is 0.728. The van der Waals surface area contributed by atoms with Gasteiger partial charge in [0.1, 0.15) is 12.7 Å². The van der Waals surface area contributed by atoms with Crippen LogP contribution in [0.25, 0.3) is 0 Å². The van der Waals surface area contributed by atoms with E-state index in [-0.39, 0.29) is 0 Å². The summed E-state index contributed by atoms with van der Waals surface area (Å²) in [5.41, 5.74) is -0.557. The first-order valence-corrected chi connectivity index (χ1v) is 5.05. The first-order valence-electron chi connectivity index (χ1n) is 5.05. The van der Waals surface area contributed by atoms with Crippen molar-refractivity contribution in [2.24, 2.45) is 5.41 Å². The molecule has 0 bridgehead atoms. The van der Waals surface area contributed by atoms with Crippen molar-refractivity contribution >= 4 is 5.97 Å². The van der Waals surface area contributed by atoms with Gasteiger partial charge in [0.05, 0.1) is 7.11 Å². The van der Waals surface area contributed by atoms with Gasteiger partial charge in [0.2, 0.25) is 0 Å². The zero-order chi connectivity index (χ0) is 12.2. The highest BCUT2D eigenvalue weighted by atomic mass is 16.5. The minimum absolute atomic E-state index is 0.557. The second kappa shape index (κ2) is 5.07. The van der Waals surface area contributed by atoms with Crippen LogP contribution in [0.2, 0.25) is 0 Å². The number of aryl methyl sites for hydroxylation is 1. The maximum Gasteiger partial charge on any atom is 0.335 e. The number of methoxy groups -OCH3 is 1. The van der Waals surface area contributed by atoms with E-state index in [9.17, 15) is 9.90 Å². The molecule has 1 unspecified atom stereocenters. The molecule has 0 saturated carbocycles. The van der Waals surface area contributed by atoms with Crippen molar-refractivity contribution in [3.05, 3.63) is 12.7 Å². The molecular weight excluding hydrogens is 210 g/mol. The lowest BCUT2D eigenvalue weighted by Gasteiger charge is -2.28. The normalized spacial score (nSPS) is 13.5. The molecule has 0 radical (unpaired) electrons. The molecule has 0 saturated heterocycles. The van der Waals surface area contributed by atoms with Gasteiger partial charge in [-0.25, -0.2) is 9.78 Å². The maximum atomic E-state index is 11.2. The van der Waals surface area contributed by atoms with Crippen LogP contribution in [0.1, 0.15) is 20.3 Å². The topological polar surface area (TPSA) is 77.2 Å². The van der Waals surface area contributed by atoms with Gasteiger partial charge in [-0.2, -0.15) is 5.10 Å². The molecule has 0 aliphatic heterocycles. The molecule has 1 atom stereocenters. The van der Waals surface area contributed by atoms with E-state index in [1.807, 2.05) is 13.8 Å². The third-order valence-corrected chi connectivity index (χ3v) is 2.62. The Bertz CT molecular complexity index is 335. The smallest absolute Gasteiger partial charge is 0.335 e. The minimum Gasteiger partial charge on any atom is -0.467 e. The summed E-state index contributed by atoms with van der Waals surface area (Å²) in [5.74, 6) is -0.608. The number of rotatable bonds is 5. The Morgan fingerprint density at radius 3 is 2.81 bits per heavy atom. The molecule has 1 aromatic heterocycles. The van der Waals surface area contributed by atoms with Crippen LogP contribution in [0.3, 0.4) is 0 Å². The zero-order valence-electron chi connectivity index (χ0n) is 9.75. The molecule has 1 heterocycles. The second-order valence-electron chi connectivity index (χ2n) is 4.32. The van der Waals surface area contributed by atoms with E-state index in [4.69, 9.17) is 0 Å². The lowest BCUT2D eigenvalue weighted by atomic mass is 9.83. The van der Waals surface area contributed by atoms with Gasteiger partial charge in [-0.3, -0.25) is 4.68 Å².